The number of aliphatic hydroxyl groups excluding tert-OH is 1. The van der Waals surface area contributed by atoms with Crippen molar-refractivity contribution in [3.8, 4) is 11.5 Å². The molecule has 0 bridgehead atoms. The van der Waals surface area contributed by atoms with Crippen molar-refractivity contribution in [2.24, 2.45) is 25.4 Å². The van der Waals surface area contributed by atoms with E-state index < -0.39 is 93.4 Å². The molecule has 21 nitrogen and oxygen atoms in total. The van der Waals surface area contributed by atoms with E-state index in [1.165, 1.54) is 30.3 Å². The van der Waals surface area contributed by atoms with E-state index in [9.17, 15) is 61.1 Å². The summed E-state index contributed by atoms with van der Waals surface area (Å²) in [5.74, 6) is -5.57. The van der Waals surface area contributed by atoms with Crippen LogP contribution in [-0.4, -0.2) is 49.0 Å². The average molecular weight is 1070 g/mol. The van der Waals surface area contributed by atoms with Gasteiger partial charge in [0.25, 0.3) is 26.3 Å². The normalized spacial score (nSPS) is 11.5. The summed E-state index contributed by atoms with van der Waals surface area (Å²) in [4.78, 5) is 26.5. The Morgan fingerprint density at radius 1 is 0.473 bits per heavy atom. The minimum Gasteiger partial charge on any atom is -0.871 e. The van der Waals surface area contributed by atoms with Crippen molar-refractivity contribution in [2.75, 3.05) is 16.0 Å². The maximum absolute atomic E-state index is 13.5. The first-order valence-electron chi connectivity index (χ1n) is 20.1. The van der Waals surface area contributed by atoms with Crippen molar-refractivity contribution >= 4 is 117 Å². The van der Waals surface area contributed by atoms with Crippen molar-refractivity contribution in [1.29, 1.82) is 0 Å². The van der Waals surface area contributed by atoms with Crippen molar-refractivity contribution in [1.82, 2.24) is 0 Å². The Hall–Kier alpha value is -5.29. The first-order valence-corrected chi connectivity index (χ1v) is 22.9. The number of hydrogen-bond acceptors (Lipinski definition) is 17. The summed E-state index contributed by atoms with van der Waals surface area (Å²) in [5, 5.41) is 86.0. The van der Waals surface area contributed by atoms with E-state index in [1.54, 1.807) is 60.7 Å². The molecule has 0 amide bonds. The SMILES string of the molecule is O=C([O-])c1cc(N=C(O)Nc2ccc(N=Nc3c(S(=O)(=O)O)cc4cc(Nc5ccccc5)ccc4c3[O-])c(C(=O)[O-])c2)ccc1N=Nc1c(S(=O)(=O)O)cc2cc(Nc3ccccc3)ccc2c1[O-].[Na+].[Na+].[Na+].[Na+]. The van der Waals surface area contributed by atoms with Crippen LogP contribution in [0.4, 0.5) is 56.9 Å². The molecular weight excluding hydrogens is 1040 g/mol. The van der Waals surface area contributed by atoms with Gasteiger partial charge in [0.05, 0.1) is 40.4 Å². The molecule has 352 valence electrons. The second-order valence-corrected chi connectivity index (χ2v) is 17.7. The summed E-state index contributed by atoms with van der Waals surface area (Å²) in [6, 6.07) is 34.0. The van der Waals surface area contributed by atoms with Gasteiger partial charge in [0.1, 0.15) is 9.79 Å². The van der Waals surface area contributed by atoms with Crippen LogP contribution in [0.15, 0.2) is 181 Å². The second kappa shape index (κ2) is 26.0. The van der Waals surface area contributed by atoms with Crippen LogP contribution in [-0.2, 0) is 20.2 Å². The zero-order valence-electron chi connectivity index (χ0n) is 39.3. The van der Waals surface area contributed by atoms with Gasteiger partial charge in [-0.05, 0) is 119 Å². The molecule has 0 radical (unpaired) electrons. The van der Waals surface area contributed by atoms with Gasteiger partial charge in [-0.15, -0.1) is 20.5 Å². The molecule has 0 aromatic heterocycles. The number of azo groups is 2. The van der Waals surface area contributed by atoms with E-state index in [1.807, 2.05) is 12.1 Å². The number of benzene rings is 8. The standard InChI is InChI=1S/C47H34N8O13S2.4Na/c56-43-33-15-11-29(48-27-7-3-1-4-8-27)19-25(33)21-39(69(63,64)65)41(43)54-52-37-17-13-31(23-35(37)45(58)59)50-47(62)51-32-14-18-38(36(24-32)46(60)61)53-55-42-40(70(66,67)68)22-26-20-30(12-16-34(26)44(42)57)49-28-9-5-2-6-10-28;;;;/h1-24,48-49,56-57H,(H,58,59)(H,60,61)(H2,50,51,62)(H,63,64,65)(H,66,67,68);;;;/q;4*+1/p-4. The van der Waals surface area contributed by atoms with Crippen LogP contribution in [0.5, 0.6) is 11.5 Å². The molecule has 8 aromatic carbocycles. The second-order valence-electron chi connectivity index (χ2n) is 14.9. The third kappa shape index (κ3) is 14.5. The van der Waals surface area contributed by atoms with Crippen molar-refractivity contribution in [2.45, 2.75) is 9.79 Å². The number of para-hydroxylation sites is 2. The first kappa shape index (κ1) is 61.3. The topological polar surface area (TPSA) is 353 Å². The number of carbonyl (C=O) groups excluding carboxylic acids is 2. The van der Waals surface area contributed by atoms with E-state index in [0.717, 1.165) is 42.5 Å². The fraction of sp³-hybridized carbons (Fsp3) is 0. The molecule has 27 heteroatoms. The molecule has 74 heavy (non-hydrogen) atoms. The molecule has 0 spiro atoms. The fourth-order valence-electron chi connectivity index (χ4n) is 6.99. The Morgan fingerprint density at radius 2 is 0.878 bits per heavy atom. The number of fused-ring (bicyclic) bond motifs is 2. The third-order valence-corrected chi connectivity index (χ3v) is 11.9. The number of carboxylic acids is 2. The van der Waals surface area contributed by atoms with E-state index >= 15 is 0 Å². The van der Waals surface area contributed by atoms with Gasteiger partial charge in [-0.3, -0.25) is 9.11 Å². The molecule has 0 atom stereocenters. The predicted molar refractivity (Wildman–Crippen MR) is 249 cm³/mol. The number of hydrogen-bond donors (Lipinski definition) is 6. The number of aromatic carboxylic acids is 2. The van der Waals surface area contributed by atoms with Gasteiger partial charge in [0.15, 0.2) is 0 Å². The molecular formula is C47H30N8Na4O13S2. The Morgan fingerprint density at radius 3 is 1.30 bits per heavy atom. The van der Waals surface area contributed by atoms with Crippen LogP contribution >= 0.6 is 0 Å². The van der Waals surface area contributed by atoms with Gasteiger partial charge in [-0.25, -0.2) is 0 Å². The van der Waals surface area contributed by atoms with Crippen LogP contribution in [0.25, 0.3) is 21.5 Å². The molecule has 6 N–H and O–H groups in total. The maximum atomic E-state index is 13.5. The maximum Gasteiger partial charge on any atom is 1.00 e. The molecule has 0 fully saturated rings. The van der Waals surface area contributed by atoms with Gasteiger partial charge < -0.3 is 51.1 Å². The third-order valence-electron chi connectivity index (χ3n) is 10.2. The largest absolute Gasteiger partial charge is 1.00 e. The molecule has 0 saturated heterocycles. The van der Waals surface area contributed by atoms with Crippen molar-refractivity contribution in [3.05, 3.63) is 157 Å². The molecule has 0 aliphatic carbocycles. The Labute approximate surface area is 509 Å². The molecule has 8 rings (SSSR count). The Bertz CT molecular complexity index is 3770. The number of nitrogens with one attached hydrogen (secondary N) is 3. The molecule has 0 unspecified atom stereocenters. The monoisotopic (exact) mass is 1070 g/mol. The molecule has 0 heterocycles. The number of carbonyl (C=O) groups is 2. The average Bonchev–Trinajstić information content (AvgIpc) is 3.31. The Balaban J connectivity index is 0.00000296. The van der Waals surface area contributed by atoms with Crippen LogP contribution in [0, 0.1) is 0 Å². The molecule has 0 saturated carbocycles. The number of nitrogens with zero attached hydrogens (tertiary/aromatic N) is 5. The van der Waals surface area contributed by atoms with Crippen molar-refractivity contribution in [3.63, 3.8) is 0 Å². The zero-order valence-corrected chi connectivity index (χ0v) is 49.0. The fourth-order valence-corrected chi connectivity index (χ4v) is 8.29. The minimum absolute atomic E-state index is 0. The Kier molecular flexibility index (Phi) is 21.5. The van der Waals surface area contributed by atoms with Crippen LogP contribution < -0.4 is 155 Å². The zero-order chi connectivity index (χ0) is 49.9. The summed E-state index contributed by atoms with van der Waals surface area (Å²) < 4.78 is 69.9. The number of carboxylic acid groups (broad SMARTS) is 2. The molecule has 8 aromatic rings. The number of anilines is 5. The van der Waals surface area contributed by atoms with E-state index in [2.05, 4.69) is 41.4 Å². The molecule has 0 aliphatic heterocycles. The minimum atomic E-state index is -5.09. The summed E-state index contributed by atoms with van der Waals surface area (Å²) in [5.41, 5.74) is -1.95. The van der Waals surface area contributed by atoms with Crippen LogP contribution in [0.3, 0.4) is 0 Å². The van der Waals surface area contributed by atoms with Crippen molar-refractivity contribution < 1.29 is 179 Å². The van der Waals surface area contributed by atoms with E-state index in [4.69, 9.17) is 0 Å². The van der Waals surface area contributed by atoms with E-state index in [-0.39, 0.29) is 151 Å². The van der Waals surface area contributed by atoms with Gasteiger partial charge in [-0.2, -0.15) is 21.8 Å². The van der Waals surface area contributed by atoms with Crippen LogP contribution in [0.1, 0.15) is 20.7 Å². The summed E-state index contributed by atoms with van der Waals surface area (Å²) in [6.45, 7) is 0. The van der Waals surface area contributed by atoms with Gasteiger partial charge in [0, 0.05) is 39.6 Å². The number of amidine groups is 1. The quantitative estimate of drug-likeness (QED) is 0.0196. The predicted octanol–water partition coefficient (Wildman–Crippen LogP) is -4.65. The smallest absolute Gasteiger partial charge is 0.871 e. The first-order chi connectivity index (χ1) is 33.3. The van der Waals surface area contributed by atoms with Gasteiger partial charge in [0.2, 0.25) is 0 Å². The summed E-state index contributed by atoms with van der Waals surface area (Å²) in [6.07, 6.45) is 0. The van der Waals surface area contributed by atoms with Gasteiger partial charge in [-0.1, -0.05) is 60.0 Å². The number of rotatable bonds is 14. The van der Waals surface area contributed by atoms with E-state index in [0.29, 0.717) is 22.7 Å². The number of aliphatic hydroxyl groups is 1. The summed E-state index contributed by atoms with van der Waals surface area (Å²) >= 11 is 0. The van der Waals surface area contributed by atoms with Gasteiger partial charge >= 0.3 is 118 Å². The summed E-state index contributed by atoms with van der Waals surface area (Å²) in [7, 11) is -10.2. The number of aliphatic imine (C=N–C) groups is 1. The molecule has 0 aliphatic rings. The van der Waals surface area contributed by atoms with Crippen LogP contribution in [0.2, 0.25) is 0 Å².